The van der Waals surface area contributed by atoms with Gasteiger partial charge in [-0.15, -0.1) is 0 Å². The van der Waals surface area contributed by atoms with Crippen LogP contribution in [-0.2, 0) is 0 Å². The van der Waals surface area contributed by atoms with Crippen LogP contribution >= 0.6 is 22.6 Å². The van der Waals surface area contributed by atoms with Crippen LogP contribution in [-0.4, -0.2) is 10.7 Å². The number of hydrogen-bond donors (Lipinski definition) is 1. The summed E-state index contributed by atoms with van der Waals surface area (Å²) in [7, 11) is 0. The van der Waals surface area contributed by atoms with Crippen LogP contribution in [0.5, 0.6) is 0 Å². The van der Waals surface area contributed by atoms with Crippen molar-refractivity contribution in [3.63, 3.8) is 0 Å². The Morgan fingerprint density at radius 2 is 2.25 bits per heavy atom. The summed E-state index contributed by atoms with van der Waals surface area (Å²) in [5.41, 5.74) is -0.777. The summed E-state index contributed by atoms with van der Waals surface area (Å²) < 4.78 is 2.63. The minimum Gasteiger partial charge on any atom is -0.378 e. The van der Waals surface area contributed by atoms with Crippen molar-refractivity contribution < 1.29 is 5.11 Å². The summed E-state index contributed by atoms with van der Waals surface area (Å²) >= 11 is 1.91. The first-order chi connectivity index (χ1) is 3.62. The van der Waals surface area contributed by atoms with E-state index in [1.165, 1.54) is 0 Å². The molecule has 8 heavy (non-hydrogen) atoms. The maximum Gasteiger partial charge on any atom is 0.123 e. The zero-order chi connectivity index (χ0) is 6.62. The molecular weight excluding hydrogens is 215 g/mol. The summed E-state index contributed by atoms with van der Waals surface area (Å²) in [6.07, 6.45) is 0.684. The normalized spacial score (nSPS) is 16.0. The molecule has 1 unspecified atom stereocenters. The number of halogens is 1. The molecule has 46 valence electrons. The summed E-state index contributed by atoms with van der Waals surface area (Å²) in [6, 6.07) is 0. The highest BCUT2D eigenvalue weighted by atomic mass is 127. The van der Waals surface area contributed by atoms with Gasteiger partial charge in [0.15, 0.2) is 0 Å². The van der Waals surface area contributed by atoms with Gasteiger partial charge in [-0.25, -0.2) is 0 Å². The van der Waals surface area contributed by atoms with Crippen LogP contribution in [0.2, 0.25) is 0 Å². The topological polar surface area (TPSA) is 20.2 Å². The van der Waals surface area contributed by atoms with Crippen molar-refractivity contribution >= 4 is 22.6 Å². The molecule has 0 fully saturated rings. The minimum atomic E-state index is -0.777. The van der Waals surface area contributed by atoms with Gasteiger partial charge in [-0.05, 0) is 17.3 Å². The average molecular weight is 224 g/mol. The monoisotopic (exact) mass is 224 g/mol. The molecule has 0 saturated heterocycles. The Morgan fingerprint density at radius 1 is 1.75 bits per heavy atom. The molecule has 1 atom stereocenters. The second-order valence-corrected chi connectivity index (χ2v) is 2.39. The van der Waals surface area contributed by atoms with Crippen molar-refractivity contribution in [2.45, 2.75) is 25.9 Å². The lowest BCUT2D eigenvalue weighted by molar-refractivity contribution is 0.118. The molecule has 1 nitrogen and oxygen atoms in total. The van der Waals surface area contributed by atoms with E-state index in [9.17, 15) is 0 Å². The summed E-state index contributed by atoms with van der Waals surface area (Å²) in [4.78, 5) is 0. The van der Waals surface area contributed by atoms with E-state index in [4.69, 9.17) is 5.11 Å². The van der Waals surface area contributed by atoms with Crippen molar-refractivity contribution in [1.82, 2.24) is 0 Å². The van der Waals surface area contributed by atoms with Gasteiger partial charge in [-0.1, -0.05) is 12.8 Å². The van der Waals surface area contributed by atoms with Crippen molar-refractivity contribution in [1.29, 1.82) is 0 Å². The van der Waals surface area contributed by atoms with Crippen LogP contribution in [0.3, 0.4) is 0 Å². The molecule has 0 saturated carbocycles. The van der Waals surface area contributed by atoms with E-state index in [0.717, 1.165) is 0 Å². The zero-order valence-corrected chi connectivity index (χ0v) is 7.19. The molecule has 0 spiro atoms. The molecule has 0 aliphatic rings. The van der Waals surface area contributed by atoms with Gasteiger partial charge in [0, 0.05) is 22.6 Å². The third kappa shape index (κ3) is 3.28. The molecule has 0 aromatic rings. The predicted molar refractivity (Wildman–Crippen MR) is 42.7 cm³/mol. The van der Waals surface area contributed by atoms with Crippen LogP contribution in [0.4, 0.5) is 0 Å². The number of hydrogen-bond acceptors (Lipinski definition) is 1. The van der Waals surface area contributed by atoms with Crippen molar-refractivity contribution in [2.24, 2.45) is 0 Å². The first kappa shape index (κ1) is 8.25. The van der Waals surface area contributed by atoms with Crippen LogP contribution in [0, 0.1) is 9.85 Å². The molecule has 1 N–H and O–H groups in total. The van der Waals surface area contributed by atoms with Gasteiger partial charge < -0.3 is 5.11 Å². The third-order valence-electron chi connectivity index (χ3n) is 1.00. The maximum atomic E-state index is 9.14. The van der Waals surface area contributed by atoms with Gasteiger partial charge in [0.25, 0.3) is 0 Å². The van der Waals surface area contributed by atoms with E-state index < -0.39 is 5.60 Å². The first-order valence-electron chi connectivity index (χ1n) is 2.47. The smallest absolute Gasteiger partial charge is 0.123 e. The fourth-order valence-electron chi connectivity index (χ4n) is 0.190. The lowest BCUT2D eigenvalue weighted by atomic mass is 10.1. The van der Waals surface area contributed by atoms with Crippen LogP contribution in [0.15, 0.2) is 0 Å². The quantitative estimate of drug-likeness (QED) is 0.529. The Hall–Kier alpha value is 0.250. The van der Waals surface area contributed by atoms with Crippen molar-refractivity contribution in [3.05, 3.63) is 0 Å². The fourth-order valence-corrected chi connectivity index (χ4v) is 0.771. The van der Waals surface area contributed by atoms with Gasteiger partial charge in [0.1, 0.15) is 5.60 Å². The van der Waals surface area contributed by atoms with E-state index in [1.54, 1.807) is 6.92 Å². The lowest BCUT2D eigenvalue weighted by Crippen LogP contribution is -2.18. The van der Waals surface area contributed by atoms with E-state index in [1.807, 2.05) is 29.5 Å². The summed E-state index contributed by atoms with van der Waals surface area (Å²) in [5.74, 6) is 2.66. The minimum absolute atomic E-state index is 0.684. The number of rotatable bonds is 1. The van der Waals surface area contributed by atoms with Crippen LogP contribution < -0.4 is 0 Å². The highest BCUT2D eigenvalue weighted by Crippen LogP contribution is 2.05. The SMILES string of the molecule is CCC(C)(O)C#CI. The van der Waals surface area contributed by atoms with Gasteiger partial charge in [-0.2, -0.15) is 0 Å². The molecule has 0 rings (SSSR count). The van der Waals surface area contributed by atoms with Crippen LogP contribution in [0.25, 0.3) is 0 Å². The molecule has 0 heterocycles. The first-order valence-corrected chi connectivity index (χ1v) is 3.55. The standard InChI is InChI=1S/C6H9IO/c1-3-6(2,8)4-5-7/h8H,3H2,1-2H3. The highest BCUT2D eigenvalue weighted by molar-refractivity contribution is 14.1. The van der Waals surface area contributed by atoms with E-state index in [0.29, 0.717) is 6.42 Å². The Labute approximate surface area is 63.6 Å². The van der Waals surface area contributed by atoms with E-state index in [2.05, 4.69) is 9.85 Å². The molecule has 0 bridgehead atoms. The molecule has 0 aromatic carbocycles. The fraction of sp³-hybridized carbons (Fsp3) is 0.667. The molecule has 0 aliphatic heterocycles. The van der Waals surface area contributed by atoms with E-state index >= 15 is 0 Å². The average Bonchev–Trinajstić information content (AvgIpc) is 1.67. The Bertz CT molecular complexity index is 118. The Morgan fingerprint density at radius 3 is 2.38 bits per heavy atom. The van der Waals surface area contributed by atoms with Gasteiger partial charge in [-0.3, -0.25) is 0 Å². The molecular formula is C6H9IO. The molecule has 0 aromatic heterocycles. The summed E-state index contributed by atoms with van der Waals surface area (Å²) in [6.45, 7) is 3.61. The van der Waals surface area contributed by atoms with Gasteiger partial charge in [0.2, 0.25) is 0 Å². The Kier molecular flexibility index (Phi) is 3.41. The zero-order valence-electron chi connectivity index (χ0n) is 5.03. The summed E-state index contributed by atoms with van der Waals surface area (Å²) in [5, 5.41) is 9.14. The third-order valence-corrected chi connectivity index (χ3v) is 1.27. The molecule has 0 radical (unpaired) electrons. The molecule has 2 heteroatoms. The second kappa shape index (κ2) is 3.31. The van der Waals surface area contributed by atoms with Crippen molar-refractivity contribution in [3.8, 4) is 9.85 Å². The Balaban J connectivity index is 3.85. The molecule has 0 aliphatic carbocycles. The predicted octanol–water partition coefficient (Wildman–Crippen LogP) is 1.54. The van der Waals surface area contributed by atoms with Crippen LogP contribution in [0.1, 0.15) is 20.3 Å². The molecule has 0 amide bonds. The van der Waals surface area contributed by atoms with Crippen molar-refractivity contribution in [2.75, 3.05) is 0 Å². The van der Waals surface area contributed by atoms with Gasteiger partial charge in [0.05, 0.1) is 0 Å². The maximum absolute atomic E-state index is 9.14. The largest absolute Gasteiger partial charge is 0.378 e. The van der Waals surface area contributed by atoms with Gasteiger partial charge >= 0.3 is 0 Å². The number of aliphatic hydroxyl groups is 1. The van der Waals surface area contributed by atoms with E-state index in [-0.39, 0.29) is 0 Å². The second-order valence-electron chi connectivity index (χ2n) is 1.85. The highest BCUT2D eigenvalue weighted by Gasteiger charge is 2.11. The lowest BCUT2D eigenvalue weighted by Gasteiger charge is -2.10.